The minimum absolute atomic E-state index is 0.0100. The average molecular weight is 244 g/mol. The van der Waals surface area contributed by atoms with E-state index < -0.39 is 0 Å². The molecular weight excluding hydrogens is 212 g/mol. The van der Waals surface area contributed by atoms with E-state index in [4.69, 9.17) is 9.47 Å². The van der Waals surface area contributed by atoms with Gasteiger partial charge in [0.1, 0.15) is 0 Å². The van der Waals surface area contributed by atoms with Crippen molar-refractivity contribution in [3.05, 3.63) is 0 Å². The molecule has 104 valence electrons. The third-order valence-corrected chi connectivity index (χ3v) is 3.20. The Morgan fingerprint density at radius 2 is 1.59 bits per heavy atom. The quantitative estimate of drug-likeness (QED) is 0.591. The van der Waals surface area contributed by atoms with Crippen LogP contribution in [0.5, 0.6) is 0 Å². The van der Waals surface area contributed by atoms with Crippen LogP contribution in [0.4, 0.5) is 0 Å². The summed E-state index contributed by atoms with van der Waals surface area (Å²) in [4.78, 5) is 0. The molecular formula is C15H32O2. The second-order valence-corrected chi connectivity index (χ2v) is 6.08. The minimum atomic E-state index is -0.102. The van der Waals surface area contributed by atoms with E-state index in [1.807, 2.05) is 0 Å². The first-order valence-corrected chi connectivity index (χ1v) is 7.06. The van der Waals surface area contributed by atoms with Crippen LogP contribution in [0.15, 0.2) is 0 Å². The molecule has 17 heavy (non-hydrogen) atoms. The maximum absolute atomic E-state index is 6.32. The first kappa shape index (κ1) is 16.9. The maximum atomic E-state index is 6.32. The third-order valence-electron chi connectivity index (χ3n) is 3.20. The fraction of sp³-hybridized carbons (Fsp3) is 1.00. The van der Waals surface area contributed by atoms with Crippen LogP contribution >= 0.6 is 0 Å². The zero-order valence-electron chi connectivity index (χ0n) is 12.9. The van der Waals surface area contributed by atoms with E-state index in [1.165, 1.54) is 6.42 Å². The Balaban J connectivity index is 4.20. The highest BCUT2D eigenvalue weighted by Gasteiger charge is 2.30. The van der Waals surface area contributed by atoms with E-state index in [9.17, 15) is 0 Å². The van der Waals surface area contributed by atoms with Crippen molar-refractivity contribution in [2.45, 2.75) is 91.5 Å². The van der Waals surface area contributed by atoms with Gasteiger partial charge >= 0.3 is 0 Å². The Hall–Kier alpha value is -0.0800. The highest BCUT2D eigenvalue weighted by Crippen LogP contribution is 2.29. The summed E-state index contributed by atoms with van der Waals surface area (Å²) < 4.78 is 11.9. The van der Waals surface area contributed by atoms with E-state index in [0.717, 1.165) is 25.9 Å². The molecule has 0 aromatic rings. The van der Waals surface area contributed by atoms with Crippen molar-refractivity contribution in [2.24, 2.45) is 0 Å². The SMILES string of the molecule is CCCC(C)(CC)OC(C)(C)CCOC(C)C. The van der Waals surface area contributed by atoms with Gasteiger partial charge in [-0.25, -0.2) is 0 Å². The van der Waals surface area contributed by atoms with Gasteiger partial charge in [0, 0.05) is 6.61 Å². The lowest BCUT2D eigenvalue weighted by atomic mass is 9.94. The number of ether oxygens (including phenoxy) is 2. The zero-order chi connectivity index (χ0) is 13.5. The second kappa shape index (κ2) is 7.38. The molecule has 0 spiro atoms. The third kappa shape index (κ3) is 7.77. The predicted molar refractivity (Wildman–Crippen MR) is 74.5 cm³/mol. The molecule has 0 aliphatic rings. The van der Waals surface area contributed by atoms with E-state index in [2.05, 4.69) is 48.5 Å². The minimum Gasteiger partial charge on any atom is -0.379 e. The largest absolute Gasteiger partial charge is 0.379 e. The zero-order valence-corrected chi connectivity index (χ0v) is 12.9. The van der Waals surface area contributed by atoms with Gasteiger partial charge in [-0.3, -0.25) is 0 Å². The van der Waals surface area contributed by atoms with Crippen LogP contribution in [0.25, 0.3) is 0 Å². The van der Waals surface area contributed by atoms with Crippen LogP contribution in [-0.2, 0) is 9.47 Å². The topological polar surface area (TPSA) is 18.5 Å². The predicted octanol–water partition coefficient (Wildman–Crippen LogP) is 4.57. The van der Waals surface area contributed by atoms with Crippen LogP contribution in [0, 0.1) is 0 Å². The molecule has 0 saturated heterocycles. The standard InChI is InChI=1S/C15H32O2/c1-8-10-15(7,9-2)17-14(5,6)11-12-16-13(3)4/h13H,8-12H2,1-7H3. The van der Waals surface area contributed by atoms with Gasteiger partial charge in [0.15, 0.2) is 0 Å². The molecule has 0 bridgehead atoms. The Morgan fingerprint density at radius 3 is 2.00 bits per heavy atom. The molecule has 0 saturated carbocycles. The fourth-order valence-corrected chi connectivity index (χ4v) is 2.09. The molecule has 0 N–H and O–H groups in total. The molecule has 0 amide bonds. The molecule has 0 aliphatic heterocycles. The summed E-state index contributed by atoms with van der Waals surface area (Å²) >= 11 is 0. The van der Waals surface area contributed by atoms with Crippen LogP contribution in [-0.4, -0.2) is 23.9 Å². The summed E-state index contributed by atoms with van der Waals surface area (Å²) in [6.45, 7) is 15.9. The number of rotatable bonds is 9. The summed E-state index contributed by atoms with van der Waals surface area (Å²) in [7, 11) is 0. The fourth-order valence-electron chi connectivity index (χ4n) is 2.09. The molecule has 1 unspecified atom stereocenters. The molecule has 0 rings (SSSR count). The van der Waals surface area contributed by atoms with Crippen molar-refractivity contribution in [2.75, 3.05) is 6.61 Å². The van der Waals surface area contributed by atoms with Gasteiger partial charge in [-0.15, -0.1) is 0 Å². The van der Waals surface area contributed by atoms with E-state index in [0.29, 0.717) is 6.10 Å². The van der Waals surface area contributed by atoms with Gasteiger partial charge in [-0.05, 0) is 53.9 Å². The van der Waals surface area contributed by atoms with Gasteiger partial charge in [0.2, 0.25) is 0 Å². The van der Waals surface area contributed by atoms with Crippen molar-refractivity contribution in [1.29, 1.82) is 0 Å². The normalized spacial score (nSPS) is 16.2. The Morgan fingerprint density at radius 1 is 1.00 bits per heavy atom. The molecule has 0 aromatic heterocycles. The summed E-state index contributed by atoms with van der Waals surface area (Å²) in [6.07, 6.45) is 4.61. The smallest absolute Gasteiger partial charge is 0.0659 e. The lowest BCUT2D eigenvalue weighted by molar-refractivity contribution is -0.147. The molecule has 1 atom stereocenters. The van der Waals surface area contributed by atoms with Crippen LogP contribution < -0.4 is 0 Å². The molecule has 0 aromatic carbocycles. The van der Waals surface area contributed by atoms with Gasteiger partial charge in [0.05, 0.1) is 17.3 Å². The molecule has 0 fully saturated rings. The highest BCUT2D eigenvalue weighted by atomic mass is 16.5. The molecule has 0 heterocycles. The van der Waals surface area contributed by atoms with Crippen molar-refractivity contribution in [3.8, 4) is 0 Å². The first-order valence-electron chi connectivity index (χ1n) is 7.06. The Kier molecular flexibility index (Phi) is 7.34. The monoisotopic (exact) mass is 244 g/mol. The van der Waals surface area contributed by atoms with Crippen molar-refractivity contribution >= 4 is 0 Å². The summed E-state index contributed by atoms with van der Waals surface area (Å²) in [5, 5.41) is 0. The summed E-state index contributed by atoms with van der Waals surface area (Å²) in [5.74, 6) is 0. The second-order valence-electron chi connectivity index (χ2n) is 6.08. The van der Waals surface area contributed by atoms with Crippen molar-refractivity contribution in [3.63, 3.8) is 0 Å². The van der Waals surface area contributed by atoms with Crippen LogP contribution in [0.3, 0.4) is 0 Å². The average Bonchev–Trinajstić information content (AvgIpc) is 2.16. The van der Waals surface area contributed by atoms with Crippen molar-refractivity contribution in [1.82, 2.24) is 0 Å². The molecule has 0 aliphatic carbocycles. The summed E-state index contributed by atoms with van der Waals surface area (Å²) in [5.41, 5.74) is -0.0924. The lowest BCUT2D eigenvalue weighted by Gasteiger charge is -2.38. The van der Waals surface area contributed by atoms with Crippen LogP contribution in [0.2, 0.25) is 0 Å². The van der Waals surface area contributed by atoms with Gasteiger partial charge in [-0.2, -0.15) is 0 Å². The van der Waals surface area contributed by atoms with Gasteiger partial charge in [0.25, 0.3) is 0 Å². The maximum Gasteiger partial charge on any atom is 0.0659 e. The molecule has 2 nitrogen and oxygen atoms in total. The summed E-state index contributed by atoms with van der Waals surface area (Å²) in [6, 6.07) is 0. The lowest BCUT2D eigenvalue weighted by Crippen LogP contribution is -2.39. The highest BCUT2D eigenvalue weighted by molar-refractivity contribution is 4.79. The van der Waals surface area contributed by atoms with Gasteiger partial charge in [-0.1, -0.05) is 20.3 Å². The van der Waals surface area contributed by atoms with Crippen molar-refractivity contribution < 1.29 is 9.47 Å². The number of hydrogen-bond donors (Lipinski definition) is 0. The van der Waals surface area contributed by atoms with E-state index in [1.54, 1.807) is 0 Å². The van der Waals surface area contributed by atoms with Gasteiger partial charge < -0.3 is 9.47 Å². The molecule has 0 radical (unpaired) electrons. The Bertz CT molecular complexity index is 199. The Labute approximate surface area is 108 Å². The van der Waals surface area contributed by atoms with Crippen LogP contribution in [0.1, 0.15) is 74.1 Å². The first-order chi connectivity index (χ1) is 7.74. The van der Waals surface area contributed by atoms with E-state index >= 15 is 0 Å². The number of hydrogen-bond acceptors (Lipinski definition) is 2. The molecule has 2 heteroatoms. The van der Waals surface area contributed by atoms with E-state index in [-0.39, 0.29) is 11.2 Å².